The molecule has 2 rings (SSSR count). The van der Waals surface area contributed by atoms with E-state index in [4.69, 9.17) is 10.6 Å². The number of hydrogen-bond acceptors (Lipinski definition) is 6. The van der Waals surface area contributed by atoms with E-state index < -0.39 is 5.82 Å². The third kappa shape index (κ3) is 2.62. The summed E-state index contributed by atoms with van der Waals surface area (Å²) >= 11 is 0. The Balaban J connectivity index is 2.26. The summed E-state index contributed by atoms with van der Waals surface area (Å²) in [5.41, 5.74) is 2.31. The smallest absolute Gasteiger partial charge is 0.239 e. The third-order valence-electron chi connectivity index (χ3n) is 2.57. The summed E-state index contributed by atoms with van der Waals surface area (Å²) in [6, 6.07) is 0. The van der Waals surface area contributed by atoms with Crippen LogP contribution in [0.2, 0.25) is 0 Å². The number of morpholine rings is 1. The van der Waals surface area contributed by atoms with E-state index in [9.17, 15) is 4.39 Å². The number of halogens is 1. The van der Waals surface area contributed by atoms with Crippen LogP contribution in [-0.2, 0) is 4.74 Å². The second kappa shape index (κ2) is 4.80. The van der Waals surface area contributed by atoms with Gasteiger partial charge in [0.05, 0.1) is 18.4 Å². The van der Waals surface area contributed by atoms with Crippen molar-refractivity contribution in [2.24, 2.45) is 5.84 Å². The van der Waals surface area contributed by atoms with Crippen molar-refractivity contribution in [3.05, 3.63) is 12.0 Å². The van der Waals surface area contributed by atoms with Crippen molar-refractivity contribution >= 4 is 11.8 Å². The van der Waals surface area contributed by atoms with Crippen molar-refractivity contribution in [2.45, 2.75) is 26.1 Å². The minimum atomic E-state index is -0.453. The van der Waals surface area contributed by atoms with Crippen LogP contribution in [0.25, 0.3) is 0 Å². The standard InChI is InChI=1S/C10H16FN5O/c1-6-4-16(5-7(2)17-6)9-8(11)3-13-10(14-9)15-12/h3,6-7H,4-5,12H2,1-2H3,(H,13,14,15). The van der Waals surface area contributed by atoms with Gasteiger partial charge in [0.1, 0.15) is 0 Å². The maximum atomic E-state index is 13.7. The predicted molar refractivity (Wildman–Crippen MR) is 62.0 cm³/mol. The molecule has 2 unspecified atom stereocenters. The quantitative estimate of drug-likeness (QED) is 0.580. The van der Waals surface area contributed by atoms with Gasteiger partial charge in [-0.2, -0.15) is 4.98 Å². The van der Waals surface area contributed by atoms with Crippen LogP contribution in [0.4, 0.5) is 16.2 Å². The molecule has 7 heteroatoms. The summed E-state index contributed by atoms with van der Waals surface area (Å²) in [4.78, 5) is 9.59. The van der Waals surface area contributed by atoms with Gasteiger partial charge in [0, 0.05) is 13.1 Å². The zero-order valence-electron chi connectivity index (χ0n) is 9.85. The van der Waals surface area contributed by atoms with E-state index >= 15 is 0 Å². The summed E-state index contributed by atoms with van der Waals surface area (Å²) in [6.07, 6.45) is 1.20. The highest BCUT2D eigenvalue weighted by atomic mass is 19.1. The molecule has 0 amide bonds. The van der Waals surface area contributed by atoms with Gasteiger partial charge in [-0.15, -0.1) is 0 Å². The molecule has 94 valence electrons. The van der Waals surface area contributed by atoms with Gasteiger partial charge in [-0.1, -0.05) is 0 Å². The zero-order valence-corrected chi connectivity index (χ0v) is 9.85. The molecule has 1 aromatic heterocycles. The van der Waals surface area contributed by atoms with Crippen molar-refractivity contribution in [2.75, 3.05) is 23.4 Å². The predicted octanol–water partition coefficient (Wildman–Crippen LogP) is 0.515. The maximum absolute atomic E-state index is 13.7. The minimum Gasteiger partial charge on any atom is -0.372 e. The Labute approximate surface area is 99.0 Å². The molecule has 3 N–H and O–H groups in total. The molecule has 1 saturated heterocycles. The van der Waals surface area contributed by atoms with E-state index in [2.05, 4.69) is 15.4 Å². The van der Waals surface area contributed by atoms with Crippen LogP contribution in [0.15, 0.2) is 6.20 Å². The van der Waals surface area contributed by atoms with Crippen molar-refractivity contribution in [1.82, 2.24) is 9.97 Å². The van der Waals surface area contributed by atoms with Crippen LogP contribution < -0.4 is 16.2 Å². The number of rotatable bonds is 2. The molecular formula is C10H16FN5O. The number of nitrogens with one attached hydrogen (secondary N) is 1. The van der Waals surface area contributed by atoms with Gasteiger partial charge in [0.15, 0.2) is 11.6 Å². The van der Waals surface area contributed by atoms with Crippen LogP contribution in [0.1, 0.15) is 13.8 Å². The van der Waals surface area contributed by atoms with Crippen LogP contribution in [-0.4, -0.2) is 35.3 Å². The number of hydrogen-bond donors (Lipinski definition) is 2. The maximum Gasteiger partial charge on any atom is 0.239 e. The number of aromatic nitrogens is 2. The molecule has 2 atom stereocenters. The first-order valence-electron chi connectivity index (χ1n) is 5.49. The van der Waals surface area contributed by atoms with Crippen LogP contribution >= 0.6 is 0 Å². The van der Waals surface area contributed by atoms with E-state index in [1.165, 1.54) is 0 Å². The Morgan fingerprint density at radius 1 is 1.47 bits per heavy atom. The largest absolute Gasteiger partial charge is 0.372 e. The Bertz CT molecular complexity index is 392. The molecule has 0 aromatic carbocycles. The highest BCUT2D eigenvalue weighted by Gasteiger charge is 2.25. The summed E-state index contributed by atoms with van der Waals surface area (Å²) in [5, 5.41) is 0. The average molecular weight is 241 g/mol. The highest BCUT2D eigenvalue weighted by molar-refractivity contribution is 5.44. The molecule has 0 saturated carbocycles. The van der Waals surface area contributed by atoms with E-state index in [1.54, 1.807) is 0 Å². The second-order valence-electron chi connectivity index (χ2n) is 4.17. The van der Waals surface area contributed by atoms with E-state index in [0.717, 1.165) is 6.20 Å². The summed E-state index contributed by atoms with van der Waals surface area (Å²) in [6.45, 7) is 5.10. The highest BCUT2D eigenvalue weighted by Crippen LogP contribution is 2.21. The molecule has 17 heavy (non-hydrogen) atoms. The van der Waals surface area contributed by atoms with E-state index in [-0.39, 0.29) is 24.0 Å². The zero-order chi connectivity index (χ0) is 12.4. The first-order valence-corrected chi connectivity index (χ1v) is 5.49. The van der Waals surface area contributed by atoms with Gasteiger partial charge >= 0.3 is 0 Å². The normalized spacial score (nSPS) is 24.8. The van der Waals surface area contributed by atoms with Crippen LogP contribution in [0.5, 0.6) is 0 Å². The lowest BCUT2D eigenvalue weighted by molar-refractivity contribution is -0.00565. The number of ether oxygens (including phenoxy) is 1. The number of nitrogens with zero attached hydrogens (tertiary/aromatic N) is 3. The Kier molecular flexibility index (Phi) is 3.39. The monoisotopic (exact) mass is 241 g/mol. The number of hydrazine groups is 1. The van der Waals surface area contributed by atoms with Crippen molar-refractivity contribution in [3.63, 3.8) is 0 Å². The topological polar surface area (TPSA) is 76.3 Å². The van der Waals surface area contributed by atoms with Crippen LogP contribution in [0, 0.1) is 5.82 Å². The molecular weight excluding hydrogens is 225 g/mol. The summed E-state index contributed by atoms with van der Waals surface area (Å²) in [7, 11) is 0. The average Bonchev–Trinajstić information content (AvgIpc) is 2.28. The van der Waals surface area contributed by atoms with Gasteiger partial charge in [-0.25, -0.2) is 15.2 Å². The third-order valence-corrected chi connectivity index (χ3v) is 2.57. The van der Waals surface area contributed by atoms with Gasteiger partial charge in [-0.05, 0) is 13.8 Å². The lowest BCUT2D eigenvalue weighted by Gasteiger charge is -2.36. The molecule has 6 nitrogen and oxygen atoms in total. The lowest BCUT2D eigenvalue weighted by atomic mass is 10.2. The van der Waals surface area contributed by atoms with Crippen molar-refractivity contribution in [3.8, 4) is 0 Å². The lowest BCUT2D eigenvalue weighted by Crippen LogP contribution is -2.46. The van der Waals surface area contributed by atoms with E-state index in [1.807, 2.05) is 18.7 Å². The van der Waals surface area contributed by atoms with Gasteiger partial charge in [0.25, 0.3) is 0 Å². The molecule has 1 aliphatic heterocycles. The Hall–Kier alpha value is -1.47. The Morgan fingerprint density at radius 3 is 2.71 bits per heavy atom. The van der Waals surface area contributed by atoms with Crippen LogP contribution in [0.3, 0.4) is 0 Å². The first-order chi connectivity index (χ1) is 8.10. The van der Waals surface area contributed by atoms with E-state index in [0.29, 0.717) is 13.1 Å². The number of anilines is 2. The van der Waals surface area contributed by atoms with Crippen molar-refractivity contribution in [1.29, 1.82) is 0 Å². The fraction of sp³-hybridized carbons (Fsp3) is 0.600. The number of nitrogens with two attached hydrogens (primary N) is 1. The molecule has 0 bridgehead atoms. The molecule has 0 spiro atoms. The van der Waals surface area contributed by atoms with Gasteiger partial charge in [0.2, 0.25) is 5.95 Å². The fourth-order valence-corrected chi connectivity index (χ4v) is 2.00. The fourth-order valence-electron chi connectivity index (χ4n) is 2.00. The first kappa shape index (κ1) is 12.0. The molecule has 2 heterocycles. The molecule has 1 aliphatic rings. The second-order valence-corrected chi connectivity index (χ2v) is 4.17. The van der Waals surface area contributed by atoms with Gasteiger partial charge < -0.3 is 9.64 Å². The molecule has 0 aliphatic carbocycles. The summed E-state index contributed by atoms with van der Waals surface area (Å²) in [5.74, 6) is 5.22. The molecule has 1 aromatic rings. The minimum absolute atomic E-state index is 0.0439. The van der Waals surface area contributed by atoms with Gasteiger partial charge in [-0.3, -0.25) is 5.43 Å². The molecule has 1 fully saturated rings. The Morgan fingerprint density at radius 2 is 2.12 bits per heavy atom. The van der Waals surface area contributed by atoms with Crippen molar-refractivity contribution < 1.29 is 9.13 Å². The molecule has 0 radical (unpaired) electrons. The summed E-state index contributed by atoms with van der Waals surface area (Å²) < 4.78 is 19.3. The number of nitrogen functional groups attached to an aromatic ring is 1. The SMILES string of the molecule is CC1CN(c2nc(NN)ncc2F)CC(C)O1.